The van der Waals surface area contributed by atoms with Gasteiger partial charge in [0.15, 0.2) is 0 Å². The molecule has 2 unspecified atom stereocenters. The molecule has 0 aromatic rings. The first-order chi connectivity index (χ1) is 9.99. The fraction of sp³-hybridized carbons (Fsp3) is 0.867. The van der Waals surface area contributed by atoms with Gasteiger partial charge in [-0.3, -0.25) is 9.59 Å². The molecule has 122 valence electrons. The zero-order valence-electron chi connectivity index (χ0n) is 13.3. The summed E-state index contributed by atoms with van der Waals surface area (Å²) in [6.45, 7) is 5.37. The van der Waals surface area contributed by atoms with Crippen LogP contribution in [0, 0.1) is 11.8 Å². The Labute approximate surface area is 126 Å². The van der Waals surface area contributed by atoms with E-state index in [2.05, 4.69) is 5.32 Å². The van der Waals surface area contributed by atoms with Gasteiger partial charge in [-0.2, -0.15) is 0 Å². The maximum atomic E-state index is 12.3. The summed E-state index contributed by atoms with van der Waals surface area (Å²) in [5.41, 5.74) is 0. The van der Waals surface area contributed by atoms with E-state index in [4.69, 9.17) is 9.84 Å². The van der Waals surface area contributed by atoms with Crippen LogP contribution in [0.3, 0.4) is 0 Å². The Morgan fingerprint density at radius 2 is 2.14 bits per heavy atom. The molecule has 0 saturated carbocycles. The van der Waals surface area contributed by atoms with Crippen molar-refractivity contribution in [1.29, 1.82) is 0 Å². The Kier molecular flexibility index (Phi) is 7.67. The number of rotatable bonds is 7. The Morgan fingerprint density at radius 3 is 2.71 bits per heavy atom. The average Bonchev–Trinajstić information content (AvgIpc) is 2.47. The maximum Gasteiger partial charge on any atom is 0.225 e. The molecular weight excluding hydrogens is 272 g/mol. The number of amides is 2. The van der Waals surface area contributed by atoms with E-state index < -0.39 is 0 Å². The van der Waals surface area contributed by atoms with E-state index in [0.29, 0.717) is 19.6 Å². The van der Waals surface area contributed by atoms with Gasteiger partial charge in [0.25, 0.3) is 0 Å². The summed E-state index contributed by atoms with van der Waals surface area (Å²) in [6, 6.07) is -0.177. The van der Waals surface area contributed by atoms with E-state index in [1.807, 2.05) is 13.8 Å². The minimum atomic E-state index is -0.177. The number of likely N-dealkylation sites (tertiary alicyclic amines) is 1. The summed E-state index contributed by atoms with van der Waals surface area (Å²) in [4.78, 5) is 26.1. The molecule has 2 amide bonds. The van der Waals surface area contributed by atoms with Crippen LogP contribution in [0.2, 0.25) is 0 Å². The van der Waals surface area contributed by atoms with Crippen LogP contribution in [0.5, 0.6) is 0 Å². The third-order valence-corrected chi connectivity index (χ3v) is 3.79. The molecule has 0 aromatic carbocycles. The van der Waals surface area contributed by atoms with Crippen LogP contribution in [0.15, 0.2) is 0 Å². The highest BCUT2D eigenvalue weighted by Crippen LogP contribution is 2.18. The Balaban J connectivity index is 2.54. The van der Waals surface area contributed by atoms with Gasteiger partial charge in [0, 0.05) is 32.7 Å². The quantitative estimate of drug-likeness (QED) is 0.713. The average molecular weight is 300 g/mol. The van der Waals surface area contributed by atoms with Crippen LogP contribution in [0.4, 0.5) is 0 Å². The van der Waals surface area contributed by atoms with Crippen molar-refractivity contribution in [3.05, 3.63) is 0 Å². The molecule has 6 heteroatoms. The highest BCUT2D eigenvalue weighted by Gasteiger charge is 2.30. The first kappa shape index (κ1) is 17.9. The highest BCUT2D eigenvalue weighted by molar-refractivity contribution is 5.82. The van der Waals surface area contributed by atoms with Crippen LogP contribution < -0.4 is 5.32 Å². The number of methoxy groups -OCH3 is 1. The van der Waals surface area contributed by atoms with Gasteiger partial charge in [0.1, 0.15) is 0 Å². The van der Waals surface area contributed by atoms with Crippen molar-refractivity contribution in [1.82, 2.24) is 10.2 Å². The lowest BCUT2D eigenvalue weighted by molar-refractivity contribution is -0.138. The van der Waals surface area contributed by atoms with Gasteiger partial charge in [-0.25, -0.2) is 0 Å². The van der Waals surface area contributed by atoms with Crippen molar-refractivity contribution in [2.45, 2.75) is 39.2 Å². The van der Waals surface area contributed by atoms with E-state index in [9.17, 15) is 9.59 Å². The third-order valence-electron chi connectivity index (χ3n) is 3.79. The smallest absolute Gasteiger partial charge is 0.225 e. The molecule has 1 aliphatic heterocycles. The van der Waals surface area contributed by atoms with Crippen LogP contribution >= 0.6 is 0 Å². The van der Waals surface area contributed by atoms with Crippen molar-refractivity contribution >= 4 is 11.8 Å². The van der Waals surface area contributed by atoms with Crippen molar-refractivity contribution in [2.24, 2.45) is 11.8 Å². The van der Waals surface area contributed by atoms with Crippen molar-refractivity contribution in [2.75, 3.05) is 33.4 Å². The van der Waals surface area contributed by atoms with Gasteiger partial charge in [-0.05, 0) is 19.3 Å². The number of aliphatic hydroxyl groups is 1. The molecule has 21 heavy (non-hydrogen) atoms. The zero-order chi connectivity index (χ0) is 15.8. The minimum absolute atomic E-state index is 0.0108. The van der Waals surface area contributed by atoms with E-state index in [0.717, 1.165) is 19.4 Å². The molecule has 1 aliphatic rings. The number of nitrogens with one attached hydrogen (secondary N) is 1. The largest absolute Gasteiger partial charge is 0.396 e. The zero-order valence-corrected chi connectivity index (χ0v) is 13.3. The van der Waals surface area contributed by atoms with Gasteiger partial charge in [-0.15, -0.1) is 0 Å². The summed E-state index contributed by atoms with van der Waals surface area (Å²) in [5, 5.41) is 11.9. The van der Waals surface area contributed by atoms with Gasteiger partial charge in [0.05, 0.1) is 18.6 Å². The second kappa shape index (κ2) is 9.00. The lowest BCUT2D eigenvalue weighted by Gasteiger charge is -2.33. The van der Waals surface area contributed by atoms with Crippen molar-refractivity contribution in [3.63, 3.8) is 0 Å². The predicted molar refractivity (Wildman–Crippen MR) is 79.7 cm³/mol. The second-order valence-electron chi connectivity index (χ2n) is 5.95. The normalized spacial score (nSPS) is 20.4. The predicted octanol–water partition coefficient (Wildman–Crippen LogP) is 0.395. The molecule has 1 heterocycles. The summed E-state index contributed by atoms with van der Waals surface area (Å²) in [7, 11) is 1.57. The van der Waals surface area contributed by atoms with Gasteiger partial charge in [-0.1, -0.05) is 13.8 Å². The van der Waals surface area contributed by atoms with Crippen LogP contribution in [-0.2, 0) is 14.3 Å². The molecule has 0 bridgehead atoms. The van der Waals surface area contributed by atoms with Crippen LogP contribution in [0.25, 0.3) is 0 Å². The summed E-state index contributed by atoms with van der Waals surface area (Å²) >= 11 is 0. The number of nitrogens with zero attached hydrogens (tertiary/aromatic N) is 1. The molecule has 2 N–H and O–H groups in total. The SMILES string of the molecule is COCC(CCO)NC(=O)C1CCCN(C(=O)C(C)C)C1. The number of hydrogen-bond donors (Lipinski definition) is 2. The van der Waals surface area contributed by atoms with Gasteiger partial charge < -0.3 is 20.1 Å². The molecule has 0 spiro atoms. The van der Waals surface area contributed by atoms with Gasteiger partial charge >= 0.3 is 0 Å². The Hall–Kier alpha value is -1.14. The molecule has 1 fully saturated rings. The molecule has 2 atom stereocenters. The molecule has 1 saturated heterocycles. The van der Waals surface area contributed by atoms with Crippen molar-refractivity contribution in [3.8, 4) is 0 Å². The first-order valence-electron chi connectivity index (χ1n) is 7.68. The molecule has 0 radical (unpaired) electrons. The van der Waals surface area contributed by atoms with E-state index >= 15 is 0 Å². The van der Waals surface area contributed by atoms with Crippen molar-refractivity contribution < 1.29 is 19.4 Å². The molecular formula is C15H28N2O4. The number of aliphatic hydroxyl groups excluding tert-OH is 1. The monoisotopic (exact) mass is 300 g/mol. The summed E-state index contributed by atoms with van der Waals surface area (Å²) < 4.78 is 5.05. The summed E-state index contributed by atoms with van der Waals surface area (Å²) in [5.74, 6) is -0.148. The van der Waals surface area contributed by atoms with E-state index in [1.165, 1.54) is 0 Å². The highest BCUT2D eigenvalue weighted by atomic mass is 16.5. The molecule has 0 aromatic heterocycles. The number of carbonyl (C=O) groups excluding carboxylic acids is 2. The second-order valence-corrected chi connectivity index (χ2v) is 5.95. The number of hydrogen-bond acceptors (Lipinski definition) is 4. The third kappa shape index (κ3) is 5.63. The standard InChI is InChI=1S/C15H28N2O4/c1-11(2)15(20)17-7-4-5-12(9-17)14(19)16-13(6-8-18)10-21-3/h11-13,18H,4-10H2,1-3H3,(H,16,19). The number of piperidine rings is 1. The minimum Gasteiger partial charge on any atom is -0.396 e. The topological polar surface area (TPSA) is 78.9 Å². The lowest BCUT2D eigenvalue weighted by atomic mass is 9.95. The van der Waals surface area contributed by atoms with Crippen LogP contribution in [0.1, 0.15) is 33.1 Å². The van der Waals surface area contributed by atoms with Gasteiger partial charge in [0.2, 0.25) is 11.8 Å². The van der Waals surface area contributed by atoms with E-state index in [1.54, 1.807) is 12.0 Å². The Morgan fingerprint density at radius 1 is 1.43 bits per heavy atom. The maximum absolute atomic E-state index is 12.3. The Bertz CT molecular complexity index is 341. The first-order valence-corrected chi connectivity index (χ1v) is 7.68. The fourth-order valence-electron chi connectivity index (χ4n) is 2.63. The molecule has 0 aliphatic carbocycles. The number of ether oxygens (including phenoxy) is 1. The lowest BCUT2D eigenvalue weighted by Crippen LogP contribution is -2.49. The number of carbonyl (C=O) groups is 2. The van der Waals surface area contributed by atoms with Crippen LogP contribution in [-0.4, -0.2) is 61.3 Å². The molecule has 6 nitrogen and oxygen atoms in total. The summed E-state index contributed by atoms with van der Waals surface area (Å²) in [6.07, 6.45) is 2.12. The fourth-order valence-corrected chi connectivity index (χ4v) is 2.63. The molecule has 1 rings (SSSR count). The van der Waals surface area contributed by atoms with E-state index in [-0.39, 0.29) is 36.3 Å².